The first-order chi connectivity index (χ1) is 20.4. The third-order valence-corrected chi connectivity index (χ3v) is 13.8. The van der Waals surface area contributed by atoms with Gasteiger partial charge in [0.2, 0.25) is 21.8 Å². The van der Waals surface area contributed by atoms with Crippen molar-refractivity contribution in [1.29, 1.82) is 0 Å². The molecule has 3 aliphatic heterocycles. The van der Waals surface area contributed by atoms with E-state index in [1.807, 2.05) is 4.90 Å². The molecule has 0 aromatic carbocycles. The zero-order chi connectivity index (χ0) is 30.8. The molecule has 2 amide bonds. The van der Waals surface area contributed by atoms with Gasteiger partial charge in [0.25, 0.3) is 10.0 Å². The smallest absolute Gasteiger partial charge is 0.252 e. The van der Waals surface area contributed by atoms with Gasteiger partial charge in [0.1, 0.15) is 10.3 Å². The molecule has 2 aromatic heterocycles. The van der Waals surface area contributed by atoms with Gasteiger partial charge in [-0.1, -0.05) is 17.7 Å². The van der Waals surface area contributed by atoms with Crippen molar-refractivity contribution >= 4 is 72.2 Å². The van der Waals surface area contributed by atoms with E-state index in [9.17, 15) is 26.4 Å². The second kappa shape index (κ2) is 13.6. The molecule has 236 valence electrons. The average molecular weight is 690 g/mol. The van der Waals surface area contributed by atoms with Crippen LogP contribution in [0.15, 0.2) is 39.3 Å². The van der Waals surface area contributed by atoms with Gasteiger partial charge in [0.15, 0.2) is 0 Å². The summed E-state index contributed by atoms with van der Waals surface area (Å²) in [6.45, 7) is 2.88. The molecule has 0 spiro atoms. The zero-order valence-corrected chi connectivity index (χ0v) is 27.8. The van der Waals surface area contributed by atoms with E-state index in [0.29, 0.717) is 52.4 Å². The molecule has 0 bridgehead atoms. The molecule has 3 aliphatic rings. The Balaban J connectivity index is 1.13. The number of likely N-dealkylation sites (tertiary alicyclic amines) is 3. The minimum absolute atomic E-state index is 0.0180. The van der Waals surface area contributed by atoms with E-state index in [1.54, 1.807) is 36.7 Å². The van der Waals surface area contributed by atoms with Crippen molar-refractivity contribution in [3.8, 4) is 0 Å². The fourth-order valence-electron chi connectivity index (χ4n) is 5.95. The highest BCUT2D eigenvalue weighted by Gasteiger charge is 2.38. The molecule has 5 rings (SSSR count). The predicted molar refractivity (Wildman–Crippen MR) is 169 cm³/mol. The fraction of sp³-hybridized carbons (Fsp3) is 0.556. The van der Waals surface area contributed by atoms with Gasteiger partial charge in [-0.2, -0.15) is 9.03 Å². The Hall–Kier alpha value is -1.85. The maximum atomic E-state index is 13.4. The molecule has 0 aliphatic carbocycles. The van der Waals surface area contributed by atoms with Crippen LogP contribution in [0.3, 0.4) is 0 Å². The summed E-state index contributed by atoms with van der Waals surface area (Å²) in [6.07, 6.45) is 4.80. The lowest BCUT2D eigenvalue weighted by Crippen LogP contribution is -2.55. The largest absolute Gasteiger partial charge is 0.337 e. The Kier molecular flexibility index (Phi) is 10.3. The lowest BCUT2D eigenvalue weighted by molar-refractivity contribution is -0.143. The normalized spacial score (nSPS) is 24.2. The summed E-state index contributed by atoms with van der Waals surface area (Å²) >= 11 is 8.36. The summed E-state index contributed by atoms with van der Waals surface area (Å²) in [5.41, 5.74) is 0. The second-order valence-corrected chi connectivity index (χ2v) is 17.6. The number of likely N-dealkylation sites (N-methyl/N-ethyl adjacent to an activating group) is 1. The number of carbonyl (C=O) groups excluding carboxylic acids is 2. The second-order valence-electron chi connectivity index (χ2n) is 11.1. The molecule has 0 radical (unpaired) electrons. The molecule has 5 heterocycles. The highest BCUT2D eigenvalue weighted by atomic mass is 35.5. The number of carbonyl (C=O) groups is 2. The summed E-state index contributed by atoms with van der Waals surface area (Å²) in [4.78, 5) is 32.8. The number of amides is 2. The van der Waals surface area contributed by atoms with Crippen LogP contribution in [0.2, 0.25) is 4.34 Å². The number of hydrogen-bond acceptors (Lipinski definition) is 9. The molecule has 1 N–H and O–H groups in total. The Morgan fingerprint density at radius 1 is 1.12 bits per heavy atom. The molecule has 2 aromatic rings. The van der Waals surface area contributed by atoms with E-state index in [4.69, 9.17) is 11.6 Å². The highest BCUT2D eigenvalue weighted by Crippen LogP contribution is 2.27. The molecule has 0 saturated carbocycles. The molecular weight excluding hydrogens is 654 g/mol. The number of sulfonamides is 2. The van der Waals surface area contributed by atoms with Crippen molar-refractivity contribution < 1.29 is 26.4 Å². The number of piperidine rings is 1. The quantitative estimate of drug-likeness (QED) is 0.385. The van der Waals surface area contributed by atoms with Gasteiger partial charge in [-0.05, 0) is 68.3 Å². The number of halogens is 1. The molecule has 43 heavy (non-hydrogen) atoms. The zero-order valence-electron chi connectivity index (χ0n) is 23.8. The highest BCUT2D eigenvalue weighted by molar-refractivity contribution is 7.92. The van der Waals surface area contributed by atoms with Gasteiger partial charge in [-0.25, -0.2) is 16.8 Å². The van der Waals surface area contributed by atoms with Gasteiger partial charge in [0.05, 0.1) is 10.9 Å². The first-order valence-corrected chi connectivity index (χ1v) is 19.3. The molecule has 3 atom stereocenters. The van der Waals surface area contributed by atoms with E-state index >= 15 is 0 Å². The number of rotatable bonds is 11. The van der Waals surface area contributed by atoms with E-state index in [1.165, 1.54) is 38.0 Å². The first-order valence-electron chi connectivity index (χ1n) is 14.2. The Labute approximate surface area is 266 Å². The van der Waals surface area contributed by atoms with Crippen LogP contribution in [-0.2, 0) is 29.6 Å². The van der Waals surface area contributed by atoms with Crippen LogP contribution in [0.4, 0.5) is 0 Å². The standard InChI is InChI=1S/C27H36ClN5O6S4/c1-30(43(38,39)26-7-4-15-40-26)20-10-14-31(17-20)18-21-5-2-13-33(21)25(34)19-32-12-3-6-23(27(32)35)29-42(36,37)16-11-22-8-9-24(28)41-22/h4,7-9,11,15-16,20-21,23,29H,2-3,5-6,10,12-14,17-19H2,1H3/t20?,21-,23-/m0/s1. The van der Waals surface area contributed by atoms with Gasteiger partial charge in [-0.15, -0.1) is 22.7 Å². The molecule has 11 nitrogen and oxygen atoms in total. The van der Waals surface area contributed by atoms with Crippen molar-refractivity contribution in [3.63, 3.8) is 0 Å². The molecule has 1 unspecified atom stereocenters. The third-order valence-electron chi connectivity index (χ3n) is 8.23. The van der Waals surface area contributed by atoms with E-state index in [0.717, 1.165) is 31.2 Å². The number of thiophene rings is 2. The number of nitrogens with zero attached hydrogens (tertiary/aromatic N) is 4. The van der Waals surface area contributed by atoms with Crippen molar-refractivity contribution in [2.75, 3.05) is 46.3 Å². The summed E-state index contributed by atoms with van der Waals surface area (Å²) in [5, 5.41) is 2.78. The SMILES string of the molecule is CN(C1CCN(C[C@@H]2CCCN2C(=O)CN2CCC[C@H](NS(=O)(=O)C=Cc3ccc(Cl)s3)C2=O)C1)S(=O)(=O)c1cccs1. The predicted octanol–water partition coefficient (Wildman–Crippen LogP) is 2.73. The molecule has 3 fully saturated rings. The summed E-state index contributed by atoms with van der Waals surface area (Å²) in [7, 11) is -5.78. The van der Waals surface area contributed by atoms with E-state index in [-0.39, 0.29) is 24.5 Å². The lowest BCUT2D eigenvalue weighted by Gasteiger charge is -2.34. The van der Waals surface area contributed by atoms with Crippen molar-refractivity contribution in [3.05, 3.63) is 44.3 Å². The van der Waals surface area contributed by atoms with Crippen LogP contribution < -0.4 is 4.72 Å². The van der Waals surface area contributed by atoms with Crippen molar-refractivity contribution in [1.82, 2.24) is 23.7 Å². The van der Waals surface area contributed by atoms with Gasteiger partial charge < -0.3 is 9.80 Å². The van der Waals surface area contributed by atoms with Gasteiger partial charge in [-0.3, -0.25) is 14.5 Å². The maximum absolute atomic E-state index is 13.4. The van der Waals surface area contributed by atoms with Gasteiger partial charge >= 0.3 is 0 Å². The third kappa shape index (κ3) is 7.87. The fourth-order valence-corrected chi connectivity index (χ4v) is 10.6. The topological polar surface area (TPSA) is 127 Å². The Bertz CT molecular complexity index is 1540. The summed E-state index contributed by atoms with van der Waals surface area (Å²) in [6, 6.07) is 5.66. The van der Waals surface area contributed by atoms with Crippen LogP contribution in [-0.4, -0.2) is 112 Å². The Morgan fingerprint density at radius 3 is 2.63 bits per heavy atom. The number of nitrogens with one attached hydrogen (secondary N) is 1. The Morgan fingerprint density at radius 2 is 1.91 bits per heavy atom. The van der Waals surface area contributed by atoms with E-state index in [2.05, 4.69) is 9.62 Å². The summed E-state index contributed by atoms with van der Waals surface area (Å²) < 4.78 is 56.0. The summed E-state index contributed by atoms with van der Waals surface area (Å²) in [5.74, 6) is -0.550. The van der Waals surface area contributed by atoms with Crippen LogP contribution in [0, 0.1) is 0 Å². The van der Waals surface area contributed by atoms with Crippen LogP contribution in [0.25, 0.3) is 6.08 Å². The van der Waals surface area contributed by atoms with Crippen molar-refractivity contribution in [2.24, 2.45) is 0 Å². The van der Waals surface area contributed by atoms with Crippen LogP contribution in [0.5, 0.6) is 0 Å². The van der Waals surface area contributed by atoms with Gasteiger partial charge in [0, 0.05) is 55.6 Å². The minimum Gasteiger partial charge on any atom is -0.337 e. The maximum Gasteiger partial charge on any atom is 0.252 e. The van der Waals surface area contributed by atoms with E-state index < -0.39 is 32.0 Å². The lowest BCUT2D eigenvalue weighted by atomic mass is 10.1. The monoisotopic (exact) mass is 689 g/mol. The molecule has 16 heteroatoms. The number of hydrogen-bond donors (Lipinski definition) is 1. The minimum atomic E-state index is -3.88. The first kappa shape index (κ1) is 32.5. The molecular formula is C27H36ClN5O6S4. The molecule has 3 saturated heterocycles. The van der Waals surface area contributed by atoms with Crippen LogP contribution >= 0.6 is 34.3 Å². The van der Waals surface area contributed by atoms with Crippen molar-refractivity contribution in [2.45, 2.75) is 54.4 Å². The average Bonchev–Trinajstić information content (AvgIpc) is 3.78. The van der Waals surface area contributed by atoms with Crippen LogP contribution in [0.1, 0.15) is 37.0 Å².